The van der Waals surface area contributed by atoms with Crippen molar-refractivity contribution in [1.29, 1.82) is 0 Å². The zero-order valence-corrected chi connectivity index (χ0v) is 19.7. The minimum atomic E-state index is -0.962. The second-order valence-electron chi connectivity index (χ2n) is 9.84. The Morgan fingerprint density at radius 1 is 1.06 bits per heavy atom. The fourth-order valence-electron chi connectivity index (χ4n) is 4.65. The lowest BCUT2D eigenvalue weighted by Crippen LogP contribution is -2.55. The number of benzene rings is 2. The third-order valence-electron chi connectivity index (χ3n) is 6.51. The highest BCUT2D eigenvalue weighted by molar-refractivity contribution is 5.89. The molecule has 1 aliphatic heterocycles. The number of fused-ring (bicyclic) bond motifs is 3. The molecule has 7 nitrogen and oxygen atoms in total. The quantitative estimate of drug-likeness (QED) is 0.695. The zero-order chi connectivity index (χ0) is 24.5. The van der Waals surface area contributed by atoms with Crippen molar-refractivity contribution in [2.45, 2.75) is 39.2 Å². The third kappa shape index (κ3) is 4.69. The van der Waals surface area contributed by atoms with Crippen LogP contribution in [-0.2, 0) is 14.3 Å². The molecule has 1 aliphatic carbocycles. The summed E-state index contributed by atoms with van der Waals surface area (Å²) in [6.45, 7) is 6.31. The van der Waals surface area contributed by atoms with Gasteiger partial charge in [-0.1, -0.05) is 75.4 Å². The molecule has 2 aromatic carbocycles. The van der Waals surface area contributed by atoms with E-state index in [9.17, 15) is 14.4 Å². The second kappa shape index (κ2) is 9.33. The van der Waals surface area contributed by atoms with E-state index in [0.717, 1.165) is 22.3 Å². The van der Waals surface area contributed by atoms with Crippen molar-refractivity contribution in [3.63, 3.8) is 0 Å². The van der Waals surface area contributed by atoms with E-state index in [-0.39, 0.29) is 31.4 Å². The van der Waals surface area contributed by atoms with Crippen LogP contribution in [0.1, 0.15) is 44.2 Å². The molecule has 0 aromatic heterocycles. The molecule has 0 spiro atoms. The molecule has 0 fully saturated rings. The molecule has 7 heteroatoms. The molecule has 0 unspecified atom stereocenters. The van der Waals surface area contributed by atoms with Crippen LogP contribution in [0, 0.1) is 5.41 Å². The third-order valence-corrected chi connectivity index (χ3v) is 6.51. The van der Waals surface area contributed by atoms with Crippen molar-refractivity contribution in [2.75, 3.05) is 19.7 Å². The molecular formula is C27H30N2O5. The fourth-order valence-corrected chi connectivity index (χ4v) is 4.65. The molecular weight excluding hydrogens is 432 g/mol. The van der Waals surface area contributed by atoms with E-state index in [1.54, 1.807) is 11.0 Å². The summed E-state index contributed by atoms with van der Waals surface area (Å²) in [5, 5.41) is 11.9. The first kappa shape index (κ1) is 23.5. The number of hydrogen-bond donors (Lipinski definition) is 2. The van der Waals surface area contributed by atoms with Crippen LogP contribution in [0.5, 0.6) is 0 Å². The van der Waals surface area contributed by atoms with E-state index in [0.29, 0.717) is 12.1 Å². The van der Waals surface area contributed by atoms with Gasteiger partial charge in [0.25, 0.3) is 0 Å². The van der Waals surface area contributed by atoms with Gasteiger partial charge in [-0.3, -0.25) is 4.79 Å². The average Bonchev–Trinajstić information content (AvgIpc) is 3.14. The van der Waals surface area contributed by atoms with Crippen LogP contribution in [0.15, 0.2) is 60.2 Å². The van der Waals surface area contributed by atoms with E-state index in [2.05, 4.69) is 29.6 Å². The Labute approximate surface area is 199 Å². The van der Waals surface area contributed by atoms with Gasteiger partial charge in [0.05, 0.1) is 0 Å². The number of amides is 2. The van der Waals surface area contributed by atoms with Crippen LogP contribution in [-0.4, -0.2) is 53.7 Å². The highest BCUT2D eigenvalue weighted by Gasteiger charge is 2.37. The first-order valence-corrected chi connectivity index (χ1v) is 11.5. The topological polar surface area (TPSA) is 95.9 Å². The number of hydrogen-bond acceptors (Lipinski definition) is 4. The SMILES string of the molecule is CC(C)(C)[C@H](NC(=O)OCC1c2ccccc2-c2ccccc21)C(=O)N1CC=C(C(=O)O)CC1. The monoisotopic (exact) mass is 462 g/mol. The number of ether oxygens (including phenoxy) is 1. The molecule has 2 aliphatic rings. The molecule has 2 N–H and O–H groups in total. The first-order chi connectivity index (χ1) is 16.2. The second-order valence-corrected chi connectivity index (χ2v) is 9.84. The Kier molecular flexibility index (Phi) is 6.46. The Morgan fingerprint density at radius 3 is 2.15 bits per heavy atom. The highest BCUT2D eigenvalue weighted by Crippen LogP contribution is 2.44. The van der Waals surface area contributed by atoms with Gasteiger partial charge in [-0.2, -0.15) is 0 Å². The number of carbonyl (C=O) groups is 3. The number of nitrogens with zero attached hydrogens (tertiary/aromatic N) is 1. The van der Waals surface area contributed by atoms with Crippen LogP contribution in [0.4, 0.5) is 4.79 Å². The number of rotatable bonds is 5. The van der Waals surface area contributed by atoms with Gasteiger partial charge in [0, 0.05) is 24.6 Å². The van der Waals surface area contributed by atoms with E-state index in [4.69, 9.17) is 9.84 Å². The fraction of sp³-hybridized carbons (Fsp3) is 0.370. The molecule has 2 amide bonds. The molecule has 0 saturated heterocycles. The molecule has 178 valence electrons. The van der Waals surface area contributed by atoms with Crippen molar-refractivity contribution in [3.05, 3.63) is 71.3 Å². The summed E-state index contributed by atoms with van der Waals surface area (Å²) in [6, 6.07) is 15.4. The highest BCUT2D eigenvalue weighted by atomic mass is 16.5. The van der Waals surface area contributed by atoms with Crippen molar-refractivity contribution >= 4 is 18.0 Å². The summed E-state index contributed by atoms with van der Waals surface area (Å²) in [5.74, 6) is -1.28. The Bertz CT molecular complexity index is 1100. The van der Waals surface area contributed by atoms with Gasteiger partial charge in [0.1, 0.15) is 12.6 Å². The summed E-state index contributed by atoms with van der Waals surface area (Å²) in [6.07, 6.45) is 1.19. The first-order valence-electron chi connectivity index (χ1n) is 11.5. The Balaban J connectivity index is 1.44. The predicted octanol–water partition coefficient (Wildman–Crippen LogP) is 4.18. The summed E-state index contributed by atoms with van der Waals surface area (Å²) in [4.78, 5) is 38.8. The van der Waals surface area contributed by atoms with Gasteiger partial charge in [0.2, 0.25) is 5.91 Å². The number of aliphatic carboxylic acids is 1. The van der Waals surface area contributed by atoms with Gasteiger partial charge >= 0.3 is 12.1 Å². The minimum Gasteiger partial charge on any atom is -0.478 e. The number of carboxylic acids is 1. The van der Waals surface area contributed by atoms with Gasteiger partial charge in [-0.05, 0) is 34.1 Å². The van der Waals surface area contributed by atoms with Crippen LogP contribution in [0.25, 0.3) is 11.1 Å². The average molecular weight is 463 g/mol. The molecule has 4 rings (SSSR count). The van der Waals surface area contributed by atoms with Crippen LogP contribution in [0.2, 0.25) is 0 Å². The van der Waals surface area contributed by atoms with E-state index in [1.165, 1.54) is 0 Å². The maximum Gasteiger partial charge on any atom is 0.407 e. The van der Waals surface area contributed by atoms with Gasteiger partial charge in [-0.15, -0.1) is 0 Å². The number of carboxylic acid groups (broad SMARTS) is 1. The smallest absolute Gasteiger partial charge is 0.407 e. The maximum atomic E-state index is 13.2. The molecule has 0 saturated carbocycles. The summed E-state index contributed by atoms with van der Waals surface area (Å²) < 4.78 is 5.64. The lowest BCUT2D eigenvalue weighted by Gasteiger charge is -2.35. The molecule has 1 atom stereocenters. The standard InChI is InChI=1S/C27H30N2O5/c1-27(2,3)23(24(30)29-14-12-17(13-15-29)25(31)32)28-26(33)34-16-22-20-10-6-4-8-18(20)19-9-5-7-11-21(19)22/h4-12,22-23H,13-16H2,1-3H3,(H,28,33)(H,31,32)/t23-/m1/s1. The molecule has 0 bridgehead atoms. The maximum absolute atomic E-state index is 13.2. The van der Waals surface area contributed by atoms with E-state index in [1.807, 2.05) is 45.0 Å². The Morgan fingerprint density at radius 2 is 1.65 bits per heavy atom. The summed E-state index contributed by atoms with van der Waals surface area (Å²) in [5.41, 5.74) is 4.28. The lowest BCUT2D eigenvalue weighted by molar-refractivity contribution is -0.137. The van der Waals surface area contributed by atoms with Gasteiger partial charge < -0.3 is 20.1 Å². The molecule has 1 heterocycles. The van der Waals surface area contributed by atoms with Crippen molar-refractivity contribution in [1.82, 2.24) is 10.2 Å². The normalized spacial score (nSPS) is 16.2. The number of nitrogens with one attached hydrogen (secondary N) is 1. The zero-order valence-electron chi connectivity index (χ0n) is 19.7. The predicted molar refractivity (Wildman–Crippen MR) is 128 cm³/mol. The van der Waals surface area contributed by atoms with Crippen LogP contribution >= 0.6 is 0 Å². The van der Waals surface area contributed by atoms with Crippen molar-refractivity contribution in [2.24, 2.45) is 5.41 Å². The van der Waals surface area contributed by atoms with Crippen LogP contribution in [0.3, 0.4) is 0 Å². The Hall–Kier alpha value is -3.61. The van der Waals surface area contributed by atoms with Crippen molar-refractivity contribution in [3.8, 4) is 11.1 Å². The number of alkyl carbamates (subject to hydrolysis) is 1. The van der Waals surface area contributed by atoms with E-state index < -0.39 is 23.5 Å². The summed E-state index contributed by atoms with van der Waals surface area (Å²) in [7, 11) is 0. The van der Waals surface area contributed by atoms with Crippen LogP contribution < -0.4 is 5.32 Å². The van der Waals surface area contributed by atoms with Crippen molar-refractivity contribution < 1.29 is 24.2 Å². The lowest BCUT2D eigenvalue weighted by atomic mass is 9.85. The van der Waals surface area contributed by atoms with Gasteiger partial charge in [-0.25, -0.2) is 9.59 Å². The number of carbonyl (C=O) groups excluding carboxylic acids is 2. The van der Waals surface area contributed by atoms with E-state index >= 15 is 0 Å². The summed E-state index contributed by atoms with van der Waals surface area (Å²) >= 11 is 0. The van der Waals surface area contributed by atoms with Gasteiger partial charge in [0.15, 0.2) is 0 Å². The minimum absolute atomic E-state index is 0.0661. The molecule has 2 aromatic rings. The molecule has 34 heavy (non-hydrogen) atoms. The largest absolute Gasteiger partial charge is 0.478 e. The molecule has 0 radical (unpaired) electrons.